The van der Waals surface area contributed by atoms with Crippen LogP contribution < -0.4 is 10.1 Å². The maximum Gasteiger partial charge on any atom is 0.233 e. The molecule has 158 valence electrons. The lowest BCUT2D eigenvalue weighted by molar-refractivity contribution is -0.127. The molecule has 0 fully saturated rings. The maximum absolute atomic E-state index is 13.8. The highest BCUT2D eigenvalue weighted by atomic mass is 32.2. The Labute approximate surface area is 181 Å². The van der Waals surface area contributed by atoms with Crippen LogP contribution in [0.5, 0.6) is 5.75 Å². The summed E-state index contributed by atoms with van der Waals surface area (Å²) in [5.74, 6) is 0.0707. The molecule has 0 saturated heterocycles. The summed E-state index contributed by atoms with van der Waals surface area (Å²) < 4.78 is 20.0. The predicted molar refractivity (Wildman–Crippen MR) is 114 cm³/mol. The molecule has 0 aliphatic rings. The maximum atomic E-state index is 13.8. The van der Waals surface area contributed by atoms with Gasteiger partial charge < -0.3 is 15.0 Å². The Morgan fingerprint density at radius 2 is 1.93 bits per heavy atom. The van der Waals surface area contributed by atoms with Crippen molar-refractivity contribution in [2.45, 2.75) is 28.6 Å². The van der Waals surface area contributed by atoms with E-state index in [1.807, 2.05) is 6.92 Å². The van der Waals surface area contributed by atoms with Crippen LogP contribution in [0.25, 0.3) is 0 Å². The van der Waals surface area contributed by atoms with Gasteiger partial charge in [-0.3, -0.25) is 9.59 Å². The molecule has 0 aliphatic heterocycles. The Bertz CT molecular complexity index is 834. The predicted octanol–water partition coefficient (Wildman–Crippen LogP) is 3.05. The average Bonchev–Trinajstić information content (AvgIpc) is 3.17. The summed E-state index contributed by atoms with van der Waals surface area (Å²) in [6.45, 7) is 2.95. The van der Waals surface area contributed by atoms with E-state index in [-0.39, 0.29) is 23.3 Å². The summed E-state index contributed by atoms with van der Waals surface area (Å²) in [6, 6.07) is 4.63. The van der Waals surface area contributed by atoms with Gasteiger partial charge in [0.2, 0.25) is 11.8 Å². The lowest BCUT2D eigenvalue weighted by atomic mass is 10.2. The van der Waals surface area contributed by atoms with Crippen molar-refractivity contribution in [1.82, 2.24) is 20.4 Å². The number of carbonyl (C=O) groups excluding carboxylic acids is 2. The summed E-state index contributed by atoms with van der Waals surface area (Å²) in [5, 5.41) is 10.9. The number of carbonyl (C=O) groups is 2. The summed E-state index contributed by atoms with van der Waals surface area (Å²) in [6.07, 6.45) is 0.895. The number of thioether (sulfide) groups is 2. The van der Waals surface area contributed by atoms with Gasteiger partial charge in [0, 0.05) is 20.1 Å². The topological polar surface area (TPSA) is 84.4 Å². The minimum absolute atomic E-state index is 0.0342. The lowest BCUT2D eigenvalue weighted by Crippen LogP contribution is -2.27. The highest BCUT2D eigenvalue weighted by molar-refractivity contribution is 8.03. The number of aromatic nitrogens is 2. The molecule has 2 amide bonds. The van der Waals surface area contributed by atoms with Crippen molar-refractivity contribution >= 4 is 46.7 Å². The second-order valence-corrected chi connectivity index (χ2v) is 9.40. The number of rotatable bonds is 11. The largest absolute Gasteiger partial charge is 0.494 e. The molecule has 1 N–H and O–H groups in total. The van der Waals surface area contributed by atoms with Crippen molar-refractivity contribution in [2.24, 2.45) is 0 Å². The fourth-order valence-electron chi connectivity index (χ4n) is 2.16. The molecule has 0 bridgehead atoms. The molecule has 1 aromatic heterocycles. The Morgan fingerprint density at radius 3 is 2.55 bits per heavy atom. The first-order valence-corrected chi connectivity index (χ1v) is 11.6. The van der Waals surface area contributed by atoms with Gasteiger partial charge in [0.05, 0.1) is 18.6 Å². The Kier molecular flexibility index (Phi) is 9.68. The summed E-state index contributed by atoms with van der Waals surface area (Å²) in [5.41, 5.74) is 0.681. The van der Waals surface area contributed by atoms with Gasteiger partial charge in [0.25, 0.3) is 0 Å². The van der Waals surface area contributed by atoms with Gasteiger partial charge in [0.15, 0.2) is 20.2 Å². The third-order valence-electron chi connectivity index (χ3n) is 3.67. The van der Waals surface area contributed by atoms with E-state index < -0.39 is 5.82 Å². The molecular weight excluding hydrogens is 435 g/mol. The Hall–Kier alpha value is -1.85. The number of benzene rings is 1. The molecule has 0 spiro atoms. The van der Waals surface area contributed by atoms with E-state index in [0.717, 1.165) is 6.42 Å². The number of nitrogens with zero attached hydrogens (tertiary/aromatic N) is 3. The molecule has 1 aromatic carbocycles. The van der Waals surface area contributed by atoms with Crippen molar-refractivity contribution in [3.63, 3.8) is 0 Å². The molecule has 0 unspecified atom stereocenters. The van der Waals surface area contributed by atoms with Gasteiger partial charge in [-0.25, -0.2) is 4.39 Å². The smallest absolute Gasteiger partial charge is 0.233 e. The Balaban J connectivity index is 1.77. The van der Waals surface area contributed by atoms with E-state index in [1.54, 1.807) is 19.2 Å². The second kappa shape index (κ2) is 12.0. The zero-order chi connectivity index (χ0) is 21.2. The number of hydrogen-bond donors (Lipinski definition) is 1. The highest BCUT2D eigenvalue weighted by Gasteiger charge is 2.14. The minimum atomic E-state index is -0.456. The van der Waals surface area contributed by atoms with E-state index in [4.69, 9.17) is 4.74 Å². The lowest BCUT2D eigenvalue weighted by Gasteiger charge is -2.17. The van der Waals surface area contributed by atoms with Crippen LogP contribution in [-0.4, -0.2) is 59.1 Å². The zero-order valence-electron chi connectivity index (χ0n) is 16.4. The van der Waals surface area contributed by atoms with Crippen molar-refractivity contribution < 1.29 is 18.7 Å². The summed E-state index contributed by atoms with van der Waals surface area (Å²) >= 11 is 3.97. The van der Waals surface area contributed by atoms with Crippen LogP contribution in [0, 0.1) is 5.82 Å². The van der Waals surface area contributed by atoms with Crippen molar-refractivity contribution in [2.75, 3.05) is 32.2 Å². The van der Waals surface area contributed by atoms with Crippen LogP contribution in [0.15, 0.2) is 26.9 Å². The number of halogens is 1. The third-order valence-corrected chi connectivity index (χ3v) is 6.84. The summed E-state index contributed by atoms with van der Waals surface area (Å²) in [4.78, 5) is 25.5. The van der Waals surface area contributed by atoms with Gasteiger partial charge in [-0.2, -0.15) is 0 Å². The van der Waals surface area contributed by atoms with Crippen molar-refractivity contribution in [1.29, 1.82) is 0 Å². The Morgan fingerprint density at radius 1 is 1.24 bits per heavy atom. The standard InChI is InChI=1S/C18H23FN4O3S3/c1-4-7-20-15(24)10-27-17-21-22-18(29-17)28-11-16(25)23(2)9-12-5-6-14(26-3)13(19)8-12/h5-6,8H,4,7,9-11H2,1-3H3,(H,20,24). The van der Waals surface area contributed by atoms with Gasteiger partial charge in [-0.1, -0.05) is 47.9 Å². The molecule has 1 heterocycles. The first-order valence-electron chi connectivity index (χ1n) is 8.85. The zero-order valence-corrected chi connectivity index (χ0v) is 18.9. The fraction of sp³-hybridized carbons (Fsp3) is 0.444. The molecule has 0 atom stereocenters. The molecule has 2 rings (SSSR count). The number of amides is 2. The van der Waals surface area contributed by atoms with E-state index in [9.17, 15) is 14.0 Å². The van der Waals surface area contributed by atoms with Gasteiger partial charge in [-0.05, 0) is 24.1 Å². The van der Waals surface area contributed by atoms with Gasteiger partial charge >= 0.3 is 0 Å². The van der Waals surface area contributed by atoms with Crippen molar-refractivity contribution in [3.05, 3.63) is 29.6 Å². The fourth-order valence-corrected chi connectivity index (χ4v) is 4.95. The average molecular weight is 459 g/mol. The first-order chi connectivity index (χ1) is 13.9. The monoisotopic (exact) mass is 458 g/mol. The molecular formula is C18H23FN4O3S3. The summed E-state index contributed by atoms with van der Waals surface area (Å²) in [7, 11) is 3.07. The van der Waals surface area contributed by atoms with Crippen LogP contribution in [0.2, 0.25) is 0 Å². The molecule has 0 saturated carbocycles. The van der Waals surface area contributed by atoms with Crippen LogP contribution in [0.1, 0.15) is 18.9 Å². The minimum Gasteiger partial charge on any atom is -0.494 e. The van der Waals surface area contributed by atoms with Gasteiger partial charge in [0.1, 0.15) is 0 Å². The molecule has 2 aromatic rings. The number of hydrogen-bond acceptors (Lipinski definition) is 8. The third kappa shape index (κ3) is 7.82. The van der Waals surface area contributed by atoms with Crippen LogP contribution in [0.4, 0.5) is 4.39 Å². The van der Waals surface area contributed by atoms with E-state index in [0.29, 0.717) is 33.1 Å². The number of ether oxygens (including phenoxy) is 1. The number of methoxy groups -OCH3 is 1. The molecule has 29 heavy (non-hydrogen) atoms. The molecule has 7 nitrogen and oxygen atoms in total. The number of nitrogens with one attached hydrogen (secondary N) is 1. The van der Waals surface area contributed by atoms with Gasteiger partial charge in [-0.15, -0.1) is 10.2 Å². The van der Waals surface area contributed by atoms with Crippen LogP contribution in [0.3, 0.4) is 0 Å². The van der Waals surface area contributed by atoms with Crippen LogP contribution >= 0.6 is 34.9 Å². The highest BCUT2D eigenvalue weighted by Crippen LogP contribution is 2.29. The molecule has 0 aliphatic carbocycles. The van der Waals surface area contributed by atoms with E-state index >= 15 is 0 Å². The SMILES string of the molecule is CCCNC(=O)CSc1nnc(SCC(=O)N(C)Cc2ccc(OC)c(F)c2)s1. The molecule has 0 radical (unpaired) electrons. The van der Waals surface area contributed by atoms with E-state index in [1.165, 1.54) is 52.9 Å². The van der Waals surface area contributed by atoms with Crippen molar-refractivity contribution in [3.8, 4) is 5.75 Å². The van der Waals surface area contributed by atoms with E-state index in [2.05, 4.69) is 15.5 Å². The molecule has 11 heteroatoms. The quantitative estimate of drug-likeness (QED) is 0.518. The first kappa shape index (κ1) is 23.4. The normalized spacial score (nSPS) is 10.6. The second-order valence-electron chi connectivity index (χ2n) is 5.98. The van der Waals surface area contributed by atoms with Crippen LogP contribution in [-0.2, 0) is 16.1 Å².